The van der Waals surface area contributed by atoms with Crippen LogP contribution in [0, 0.1) is 0 Å². The van der Waals surface area contributed by atoms with Gasteiger partial charge < -0.3 is 10.1 Å². The minimum absolute atomic E-state index is 0. The van der Waals surface area contributed by atoms with Crippen LogP contribution in [0.2, 0.25) is 0 Å². The summed E-state index contributed by atoms with van der Waals surface area (Å²) in [6.45, 7) is 3.95. The summed E-state index contributed by atoms with van der Waals surface area (Å²) < 4.78 is 5.53. The predicted molar refractivity (Wildman–Crippen MR) is 56.5 cm³/mol. The summed E-state index contributed by atoms with van der Waals surface area (Å²) in [4.78, 5) is 0. The molecule has 1 aliphatic heterocycles. The van der Waals surface area contributed by atoms with E-state index in [-0.39, 0.29) is 1.43 Å². The molecule has 0 bridgehead atoms. The van der Waals surface area contributed by atoms with E-state index in [1.807, 2.05) is 0 Å². The average Bonchev–Trinajstić information content (AvgIpc) is 2.18. The molecule has 2 heteroatoms. The largest absolute Gasteiger partial charge is 0.493 e. The van der Waals surface area contributed by atoms with E-state index in [4.69, 9.17) is 4.74 Å². The molecule has 0 saturated heterocycles. The van der Waals surface area contributed by atoms with E-state index in [2.05, 4.69) is 30.4 Å². The van der Waals surface area contributed by atoms with E-state index >= 15 is 0 Å². The Morgan fingerprint density at radius 2 is 2.46 bits per heavy atom. The average molecular weight is 179 g/mol. The SMILES string of the molecule is CCNc1ccc2c(c1)CCCO2.[HH]. The Labute approximate surface area is 80.4 Å². The van der Waals surface area contributed by atoms with Crippen molar-refractivity contribution in [2.45, 2.75) is 19.8 Å². The predicted octanol–water partition coefficient (Wildman–Crippen LogP) is 2.69. The fourth-order valence-corrected chi connectivity index (χ4v) is 1.67. The zero-order valence-corrected chi connectivity index (χ0v) is 7.97. The highest BCUT2D eigenvalue weighted by molar-refractivity contribution is 5.51. The second-order valence-corrected chi connectivity index (χ2v) is 3.30. The van der Waals surface area contributed by atoms with Gasteiger partial charge in [0.15, 0.2) is 0 Å². The third kappa shape index (κ3) is 1.77. The molecule has 0 aromatic heterocycles. The van der Waals surface area contributed by atoms with Gasteiger partial charge >= 0.3 is 0 Å². The molecule has 0 saturated carbocycles. The van der Waals surface area contributed by atoms with Crippen LogP contribution in [0.25, 0.3) is 0 Å². The lowest BCUT2D eigenvalue weighted by atomic mass is 10.1. The maximum absolute atomic E-state index is 5.53. The van der Waals surface area contributed by atoms with Crippen molar-refractivity contribution in [1.29, 1.82) is 0 Å². The first kappa shape index (κ1) is 8.42. The number of rotatable bonds is 2. The van der Waals surface area contributed by atoms with Gasteiger partial charge in [-0.05, 0) is 43.5 Å². The zero-order chi connectivity index (χ0) is 9.10. The Morgan fingerprint density at radius 1 is 1.54 bits per heavy atom. The van der Waals surface area contributed by atoms with Crippen LogP contribution in [0.3, 0.4) is 0 Å². The lowest BCUT2D eigenvalue weighted by molar-refractivity contribution is 0.288. The molecule has 0 fully saturated rings. The van der Waals surface area contributed by atoms with Crippen molar-refractivity contribution in [1.82, 2.24) is 0 Å². The first-order chi connectivity index (χ1) is 6.40. The Balaban J connectivity index is 0.000000980. The van der Waals surface area contributed by atoms with Crippen molar-refractivity contribution in [3.8, 4) is 5.75 Å². The molecule has 0 unspecified atom stereocenters. The molecule has 2 rings (SSSR count). The fraction of sp³-hybridized carbons (Fsp3) is 0.455. The third-order valence-corrected chi connectivity index (χ3v) is 2.29. The Hall–Kier alpha value is -1.18. The van der Waals surface area contributed by atoms with Gasteiger partial charge in [0.05, 0.1) is 6.61 Å². The summed E-state index contributed by atoms with van der Waals surface area (Å²) >= 11 is 0. The number of ether oxygens (including phenoxy) is 1. The maximum Gasteiger partial charge on any atom is 0.122 e. The van der Waals surface area contributed by atoms with Crippen LogP contribution in [-0.2, 0) is 6.42 Å². The lowest BCUT2D eigenvalue weighted by Crippen LogP contribution is -2.08. The van der Waals surface area contributed by atoms with Gasteiger partial charge in [0, 0.05) is 13.7 Å². The van der Waals surface area contributed by atoms with Gasteiger partial charge in [0.25, 0.3) is 0 Å². The van der Waals surface area contributed by atoms with Gasteiger partial charge in [-0.2, -0.15) is 0 Å². The van der Waals surface area contributed by atoms with Crippen molar-refractivity contribution in [3.05, 3.63) is 23.8 Å². The van der Waals surface area contributed by atoms with Gasteiger partial charge in [-0.15, -0.1) is 0 Å². The second kappa shape index (κ2) is 3.69. The maximum atomic E-state index is 5.53. The molecule has 2 nitrogen and oxygen atoms in total. The van der Waals surface area contributed by atoms with Gasteiger partial charge in [0.2, 0.25) is 0 Å². The molecule has 1 N–H and O–H groups in total. The molecule has 1 heterocycles. The third-order valence-electron chi connectivity index (χ3n) is 2.29. The topological polar surface area (TPSA) is 21.3 Å². The van der Waals surface area contributed by atoms with Crippen LogP contribution in [0.15, 0.2) is 18.2 Å². The van der Waals surface area contributed by atoms with Crippen molar-refractivity contribution in [2.75, 3.05) is 18.5 Å². The summed E-state index contributed by atoms with van der Waals surface area (Å²) in [5.41, 5.74) is 2.54. The van der Waals surface area contributed by atoms with Crippen molar-refractivity contribution >= 4 is 5.69 Å². The van der Waals surface area contributed by atoms with Crippen molar-refractivity contribution < 1.29 is 6.16 Å². The Morgan fingerprint density at radius 3 is 3.31 bits per heavy atom. The first-order valence-corrected chi connectivity index (χ1v) is 4.90. The molecule has 0 spiro atoms. The summed E-state index contributed by atoms with van der Waals surface area (Å²) in [5, 5.41) is 3.30. The Kier molecular flexibility index (Phi) is 2.39. The van der Waals surface area contributed by atoms with Gasteiger partial charge in [-0.1, -0.05) is 0 Å². The molecule has 0 aliphatic carbocycles. The molecular weight excluding hydrogens is 162 g/mol. The normalized spacial score (nSPS) is 14.5. The lowest BCUT2D eigenvalue weighted by Gasteiger charge is -2.17. The van der Waals surface area contributed by atoms with E-state index in [1.54, 1.807) is 0 Å². The number of hydrogen-bond donors (Lipinski definition) is 1. The van der Waals surface area contributed by atoms with E-state index in [0.717, 1.165) is 31.7 Å². The number of aryl methyl sites for hydroxylation is 1. The minimum atomic E-state index is 0. The number of nitrogens with one attached hydrogen (secondary N) is 1. The van der Waals surface area contributed by atoms with Crippen molar-refractivity contribution in [2.24, 2.45) is 0 Å². The Bertz CT molecular complexity index is 301. The standard InChI is InChI=1S/C11H15NO.H2/c1-2-12-10-5-6-11-9(8-10)4-3-7-13-11;/h5-6,8,12H,2-4,7H2,1H3;1H. The zero-order valence-electron chi connectivity index (χ0n) is 7.97. The number of fused-ring (bicyclic) bond motifs is 1. The van der Waals surface area contributed by atoms with E-state index in [0.29, 0.717) is 0 Å². The minimum Gasteiger partial charge on any atom is -0.493 e. The van der Waals surface area contributed by atoms with E-state index in [1.165, 1.54) is 11.3 Å². The molecular formula is C11H17NO. The van der Waals surface area contributed by atoms with E-state index < -0.39 is 0 Å². The monoisotopic (exact) mass is 179 g/mol. The van der Waals surface area contributed by atoms with E-state index in [9.17, 15) is 0 Å². The fourth-order valence-electron chi connectivity index (χ4n) is 1.67. The molecule has 0 amide bonds. The van der Waals surface area contributed by atoms with Crippen LogP contribution in [0.1, 0.15) is 20.3 Å². The number of anilines is 1. The quantitative estimate of drug-likeness (QED) is 0.753. The highest BCUT2D eigenvalue weighted by Crippen LogP contribution is 2.27. The van der Waals surface area contributed by atoms with Crippen molar-refractivity contribution in [3.63, 3.8) is 0 Å². The van der Waals surface area contributed by atoms with Crippen LogP contribution < -0.4 is 10.1 Å². The highest BCUT2D eigenvalue weighted by Gasteiger charge is 2.09. The molecule has 1 aliphatic rings. The molecule has 0 atom stereocenters. The van der Waals surface area contributed by atoms with Gasteiger partial charge in [-0.3, -0.25) is 0 Å². The second-order valence-electron chi connectivity index (χ2n) is 3.30. The van der Waals surface area contributed by atoms with Crippen LogP contribution in [0.5, 0.6) is 5.75 Å². The van der Waals surface area contributed by atoms with Gasteiger partial charge in [0.1, 0.15) is 5.75 Å². The molecule has 72 valence electrons. The first-order valence-electron chi connectivity index (χ1n) is 4.90. The van der Waals surface area contributed by atoms with Crippen LogP contribution in [0.4, 0.5) is 5.69 Å². The number of benzene rings is 1. The summed E-state index contributed by atoms with van der Waals surface area (Å²) in [6, 6.07) is 6.33. The highest BCUT2D eigenvalue weighted by atomic mass is 16.5. The molecule has 1 aromatic carbocycles. The van der Waals surface area contributed by atoms with Crippen LogP contribution >= 0.6 is 0 Å². The summed E-state index contributed by atoms with van der Waals surface area (Å²) in [7, 11) is 0. The molecule has 1 aromatic rings. The van der Waals surface area contributed by atoms with Gasteiger partial charge in [-0.25, -0.2) is 0 Å². The number of hydrogen-bond acceptors (Lipinski definition) is 2. The van der Waals surface area contributed by atoms with Crippen LogP contribution in [-0.4, -0.2) is 13.2 Å². The summed E-state index contributed by atoms with van der Waals surface area (Å²) in [5.74, 6) is 1.06. The smallest absolute Gasteiger partial charge is 0.122 e. The molecule has 13 heavy (non-hydrogen) atoms. The molecule has 0 radical (unpaired) electrons. The summed E-state index contributed by atoms with van der Waals surface area (Å²) in [6.07, 6.45) is 2.29.